The second-order valence-corrected chi connectivity index (χ2v) is 4.82. The molecule has 0 aromatic carbocycles. The lowest BCUT2D eigenvalue weighted by Crippen LogP contribution is -2.42. The van der Waals surface area contributed by atoms with Crippen LogP contribution in [0.5, 0.6) is 0 Å². The van der Waals surface area contributed by atoms with Crippen molar-refractivity contribution in [2.45, 2.75) is 6.42 Å². The van der Waals surface area contributed by atoms with Crippen LogP contribution in [0, 0.1) is 23.7 Å². The van der Waals surface area contributed by atoms with Crippen molar-refractivity contribution >= 4 is 11.9 Å². The van der Waals surface area contributed by atoms with Crippen LogP contribution in [0.2, 0.25) is 0 Å². The molecule has 1 saturated carbocycles. The SMILES string of the molecule is CN(CCO)C(=O)[C@H]1C2C=CC(C2)[C@H]1C(=O)O. The van der Waals surface area contributed by atoms with Crippen molar-refractivity contribution in [3.05, 3.63) is 12.2 Å². The maximum atomic E-state index is 12.2. The number of aliphatic hydroxyl groups excluding tert-OH is 1. The maximum Gasteiger partial charge on any atom is 0.307 e. The summed E-state index contributed by atoms with van der Waals surface area (Å²) in [6.45, 7) is 0.152. The summed E-state index contributed by atoms with van der Waals surface area (Å²) in [6, 6.07) is 0. The summed E-state index contributed by atoms with van der Waals surface area (Å²) >= 11 is 0. The number of allylic oxidation sites excluding steroid dienone is 2. The van der Waals surface area contributed by atoms with Gasteiger partial charge in [0.25, 0.3) is 0 Å². The third-order valence-electron chi connectivity index (χ3n) is 3.84. The summed E-state index contributed by atoms with van der Waals surface area (Å²) in [5, 5.41) is 18.0. The van der Waals surface area contributed by atoms with Gasteiger partial charge in [0, 0.05) is 13.6 Å². The minimum atomic E-state index is -0.891. The number of hydrogen-bond donors (Lipinski definition) is 2. The molecular formula is C12H17NO4. The van der Waals surface area contributed by atoms with Crippen LogP contribution in [0.4, 0.5) is 0 Å². The lowest BCUT2D eigenvalue weighted by atomic mass is 9.82. The Labute approximate surface area is 99.7 Å². The van der Waals surface area contributed by atoms with Gasteiger partial charge in [0.1, 0.15) is 0 Å². The Hall–Kier alpha value is -1.36. The molecule has 2 aliphatic carbocycles. The molecule has 2 rings (SSSR count). The molecule has 2 N–H and O–H groups in total. The number of aliphatic hydroxyl groups is 1. The van der Waals surface area contributed by atoms with Gasteiger partial charge in [-0.3, -0.25) is 9.59 Å². The predicted molar refractivity (Wildman–Crippen MR) is 60.1 cm³/mol. The molecule has 1 fully saturated rings. The van der Waals surface area contributed by atoms with Crippen molar-refractivity contribution < 1.29 is 19.8 Å². The molecule has 17 heavy (non-hydrogen) atoms. The lowest BCUT2D eigenvalue weighted by Gasteiger charge is -2.28. The van der Waals surface area contributed by atoms with Crippen LogP contribution < -0.4 is 0 Å². The smallest absolute Gasteiger partial charge is 0.307 e. The van der Waals surface area contributed by atoms with Gasteiger partial charge in [-0.2, -0.15) is 0 Å². The molecule has 4 atom stereocenters. The van der Waals surface area contributed by atoms with Gasteiger partial charge in [-0.1, -0.05) is 12.2 Å². The molecule has 94 valence electrons. The van der Waals surface area contributed by atoms with Gasteiger partial charge in [0.2, 0.25) is 5.91 Å². The van der Waals surface area contributed by atoms with E-state index in [4.69, 9.17) is 5.11 Å². The fourth-order valence-electron chi connectivity index (χ4n) is 3.01. The monoisotopic (exact) mass is 239 g/mol. The molecule has 0 aromatic rings. The van der Waals surface area contributed by atoms with Crippen molar-refractivity contribution in [1.29, 1.82) is 0 Å². The summed E-state index contributed by atoms with van der Waals surface area (Å²) in [6.07, 6.45) is 4.64. The third kappa shape index (κ3) is 1.95. The van der Waals surface area contributed by atoms with Crippen LogP contribution in [-0.4, -0.2) is 47.2 Å². The van der Waals surface area contributed by atoms with Gasteiger partial charge in [0.05, 0.1) is 18.4 Å². The predicted octanol–water partition coefficient (Wildman–Crippen LogP) is -0.0400. The van der Waals surface area contributed by atoms with E-state index in [0.29, 0.717) is 0 Å². The van der Waals surface area contributed by atoms with Gasteiger partial charge >= 0.3 is 5.97 Å². The lowest BCUT2D eigenvalue weighted by molar-refractivity contribution is -0.150. The highest BCUT2D eigenvalue weighted by Gasteiger charge is 2.52. The van der Waals surface area contributed by atoms with E-state index in [0.717, 1.165) is 6.42 Å². The number of nitrogens with zero attached hydrogens (tertiary/aromatic N) is 1. The molecule has 0 saturated heterocycles. The van der Waals surface area contributed by atoms with Crippen molar-refractivity contribution in [1.82, 2.24) is 4.90 Å². The number of carbonyl (C=O) groups excluding carboxylic acids is 1. The molecule has 1 amide bonds. The standard InChI is InChI=1S/C12H17NO4/c1-13(4-5-14)11(15)9-7-2-3-8(6-7)10(9)12(16)17/h2-3,7-10,14H,4-6H2,1H3,(H,16,17)/t7?,8?,9-,10+/m0/s1. The average Bonchev–Trinajstić information content (AvgIpc) is 2.87. The van der Waals surface area contributed by atoms with Crippen LogP contribution >= 0.6 is 0 Å². The minimum absolute atomic E-state index is 0.00558. The second-order valence-electron chi connectivity index (χ2n) is 4.82. The van der Waals surface area contributed by atoms with Crippen LogP contribution in [0.1, 0.15) is 6.42 Å². The zero-order valence-electron chi connectivity index (χ0n) is 9.74. The number of amides is 1. The first-order valence-corrected chi connectivity index (χ1v) is 5.83. The third-order valence-corrected chi connectivity index (χ3v) is 3.84. The fourth-order valence-corrected chi connectivity index (χ4v) is 3.01. The molecule has 2 bridgehead atoms. The first-order valence-electron chi connectivity index (χ1n) is 5.83. The fraction of sp³-hybridized carbons (Fsp3) is 0.667. The zero-order valence-corrected chi connectivity index (χ0v) is 9.74. The van der Waals surface area contributed by atoms with Gasteiger partial charge in [-0.05, 0) is 18.3 Å². The highest BCUT2D eigenvalue weighted by molar-refractivity contribution is 5.86. The van der Waals surface area contributed by atoms with E-state index in [1.807, 2.05) is 12.2 Å². The number of aliphatic carboxylic acids is 1. The van der Waals surface area contributed by atoms with E-state index < -0.39 is 17.8 Å². The van der Waals surface area contributed by atoms with E-state index in [1.54, 1.807) is 7.05 Å². The number of fused-ring (bicyclic) bond motifs is 2. The quantitative estimate of drug-likeness (QED) is 0.675. The number of hydrogen-bond acceptors (Lipinski definition) is 3. The summed E-state index contributed by atoms with van der Waals surface area (Å²) < 4.78 is 0. The first-order chi connectivity index (χ1) is 8.06. The Morgan fingerprint density at radius 1 is 1.29 bits per heavy atom. The van der Waals surface area contributed by atoms with Gasteiger partial charge in [-0.25, -0.2) is 0 Å². The summed E-state index contributed by atoms with van der Waals surface area (Å²) in [7, 11) is 1.60. The first kappa shape index (κ1) is 12.1. The van der Waals surface area contributed by atoms with E-state index in [-0.39, 0.29) is 30.9 Å². The zero-order chi connectivity index (χ0) is 12.6. The molecule has 0 aromatic heterocycles. The van der Waals surface area contributed by atoms with E-state index in [1.165, 1.54) is 4.90 Å². The Bertz CT molecular complexity index is 366. The molecule has 0 radical (unpaired) electrons. The van der Waals surface area contributed by atoms with Crippen molar-refractivity contribution in [3.63, 3.8) is 0 Å². The second kappa shape index (κ2) is 4.49. The topological polar surface area (TPSA) is 77.8 Å². The molecule has 0 aliphatic heterocycles. The summed E-state index contributed by atoms with van der Waals surface area (Å²) in [4.78, 5) is 24.8. The molecule has 2 aliphatic rings. The molecule has 0 heterocycles. The van der Waals surface area contributed by atoms with E-state index >= 15 is 0 Å². The highest BCUT2D eigenvalue weighted by atomic mass is 16.4. The van der Waals surface area contributed by atoms with Gasteiger partial charge in [0.15, 0.2) is 0 Å². The van der Waals surface area contributed by atoms with Gasteiger partial charge in [-0.15, -0.1) is 0 Å². The Balaban J connectivity index is 2.16. The number of carboxylic acids is 1. The van der Waals surface area contributed by atoms with E-state index in [9.17, 15) is 14.7 Å². The van der Waals surface area contributed by atoms with Crippen LogP contribution in [-0.2, 0) is 9.59 Å². The number of carbonyl (C=O) groups is 2. The number of likely N-dealkylation sites (N-methyl/N-ethyl adjacent to an activating group) is 1. The molecule has 5 heteroatoms. The molecule has 0 spiro atoms. The highest BCUT2D eigenvalue weighted by Crippen LogP contribution is 2.48. The largest absolute Gasteiger partial charge is 0.481 e. The van der Waals surface area contributed by atoms with Gasteiger partial charge < -0.3 is 15.1 Å². The minimum Gasteiger partial charge on any atom is -0.481 e. The van der Waals surface area contributed by atoms with Crippen molar-refractivity contribution in [3.8, 4) is 0 Å². The number of carboxylic acid groups (broad SMARTS) is 1. The Morgan fingerprint density at radius 2 is 1.88 bits per heavy atom. The maximum absolute atomic E-state index is 12.2. The molecule has 2 unspecified atom stereocenters. The number of rotatable bonds is 4. The van der Waals surface area contributed by atoms with Crippen LogP contribution in [0.3, 0.4) is 0 Å². The summed E-state index contributed by atoms with van der Waals surface area (Å²) in [5.74, 6) is -2.07. The summed E-state index contributed by atoms with van der Waals surface area (Å²) in [5.41, 5.74) is 0. The molecular weight excluding hydrogens is 222 g/mol. The van der Waals surface area contributed by atoms with Crippen molar-refractivity contribution in [2.75, 3.05) is 20.2 Å². The Kier molecular flexibility index (Phi) is 3.19. The van der Waals surface area contributed by atoms with Crippen LogP contribution in [0.15, 0.2) is 12.2 Å². The average molecular weight is 239 g/mol. The normalized spacial score (nSPS) is 34.0. The molecule has 5 nitrogen and oxygen atoms in total. The van der Waals surface area contributed by atoms with E-state index in [2.05, 4.69) is 0 Å². The Morgan fingerprint density at radius 3 is 2.41 bits per heavy atom. The van der Waals surface area contributed by atoms with Crippen molar-refractivity contribution in [2.24, 2.45) is 23.7 Å². The van der Waals surface area contributed by atoms with Crippen LogP contribution in [0.25, 0.3) is 0 Å².